The molecule has 6 heteroatoms. The van der Waals surface area contributed by atoms with Crippen LogP contribution in [0.15, 0.2) is 6.33 Å². The van der Waals surface area contributed by atoms with E-state index >= 15 is 0 Å². The van der Waals surface area contributed by atoms with Crippen LogP contribution in [0.25, 0.3) is 5.78 Å². The van der Waals surface area contributed by atoms with Crippen molar-refractivity contribution in [2.45, 2.75) is 34.1 Å². The van der Waals surface area contributed by atoms with E-state index in [1.165, 1.54) is 6.33 Å². The largest absolute Gasteiger partial charge is 0.396 e. The number of aromatic nitrogens is 4. The highest BCUT2D eigenvalue weighted by molar-refractivity contribution is 5.51. The SMILES string of the molecule is Cc1nc2ncnn2c(NCC(C)(C)CCO)c1C. The Hall–Kier alpha value is -1.69. The zero-order chi connectivity index (χ0) is 14.0. The Morgan fingerprint density at radius 2 is 2.11 bits per heavy atom. The summed E-state index contributed by atoms with van der Waals surface area (Å²) in [5.74, 6) is 1.52. The van der Waals surface area contributed by atoms with Gasteiger partial charge in [0.1, 0.15) is 12.1 Å². The van der Waals surface area contributed by atoms with Gasteiger partial charge in [0, 0.05) is 24.4 Å². The van der Waals surface area contributed by atoms with Gasteiger partial charge in [-0.15, -0.1) is 0 Å². The second kappa shape index (κ2) is 5.13. The zero-order valence-corrected chi connectivity index (χ0v) is 11.9. The van der Waals surface area contributed by atoms with Crippen molar-refractivity contribution >= 4 is 11.6 Å². The fourth-order valence-corrected chi connectivity index (χ4v) is 1.95. The van der Waals surface area contributed by atoms with E-state index in [1.807, 2.05) is 13.8 Å². The number of aliphatic hydroxyl groups is 1. The molecule has 19 heavy (non-hydrogen) atoms. The Balaban J connectivity index is 2.29. The third kappa shape index (κ3) is 2.84. The molecular weight excluding hydrogens is 242 g/mol. The lowest BCUT2D eigenvalue weighted by Crippen LogP contribution is -2.25. The number of fused-ring (bicyclic) bond motifs is 1. The minimum absolute atomic E-state index is 0.0191. The molecule has 0 aliphatic carbocycles. The lowest BCUT2D eigenvalue weighted by molar-refractivity contribution is 0.220. The van der Waals surface area contributed by atoms with Gasteiger partial charge < -0.3 is 10.4 Å². The van der Waals surface area contributed by atoms with Gasteiger partial charge in [0.15, 0.2) is 0 Å². The molecule has 0 atom stereocenters. The molecule has 104 valence electrons. The van der Waals surface area contributed by atoms with Gasteiger partial charge in [-0.05, 0) is 25.7 Å². The number of hydrogen-bond acceptors (Lipinski definition) is 5. The van der Waals surface area contributed by atoms with Crippen molar-refractivity contribution in [3.8, 4) is 0 Å². The molecule has 0 saturated heterocycles. The van der Waals surface area contributed by atoms with Gasteiger partial charge in [0.2, 0.25) is 0 Å². The summed E-state index contributed by atoms with van der Waals surface area (Å²) in [7, 11) is 0. The number of nitrogens with zero attached hydrogens (tertiary/aromatic N) is 4. The predicted octanol–water partition coefficient (Wildman–Crippen LogP) is 1.56. The molecule has 0 aliphatic rings. The molecule has 6 nitrogen and oxygen atoms in total. The zero-order valence-electron chi connectivity index (χ0n) is 11.9. The van der Waals surface area contributed by atoms with Crippen LogP contribution in [0.5, 0.6) is 0 Å². The average molecular weight is 263 g/mol. The number of aryl methyl sites for hydroxylation is 1. The molecule has 2 aromatic heterocycles. The van der Waals surface area contributed by atoms with Crippen molar-refractivity contribution in [1.29, 1.82) is 0 Å². The Kier molecular flexibility index (Phi) is 3.71. The molecule has 2 rings (SSSR count). The van der Waals surface area contributed by atoms with E-state index in [0.29, 0.717) is 5.78 Å². The molecule has 0 saturated carbocycles. The maximum atomic E-state index is 9.07. The van der Waals surface area contributed by atoms with Crippen LogP contribution in [0.2, 0.25) is 0 Å². The summed E-state index contributed by atoms with van der Waals surface area (Å²) in [6.07, 6.45) is 2.26. The first kappa shape index (κ1) is 13.7. The molecule has 0 radical (unpaired) electrons. The molecule has 2 aromatic rings. The topological polar surface area (TPSA) is 75.3 Å². The van der Waals surface area contributed by atoms with Crippen molar-refractivity contribution in [1.82, 2.24) is 19.6 Å². The van der Waals surface area contributed by atoms with E-state index < -0.39 is 0 Å². The van der Waals surface area contributed by atoms with Crippen molar-refractivity contribution in [2.24, 2.45) is 5.41 Å². The highest BCUT2D eigenvalue weighted by atomic mass is 16.3. The maximum absolute atomic E-state index is 9.07. The molecule has 2 N–H and O–H groups in total. The second-order valence-electron chi connectivity index (χ2n) is 5.63. The van der Waals surface area contributed by atoms with Crippen LogP contribution in [0.4, 0.5) is 5.82 Å². The molecule has 0 aliphatic heterocycles. The molecule has 2 heterocycles. The average Bonchev–Trinajstić information content (AvgIpc) is 2.77. The van der Waals surface area contributed by atoms with Crippen molar-refractivity contribution in [2.75, 3.05) is 18.5 Å². The summed E-state index contributed by atoms with van der Waals surface area (Å²) in [4.78, 5) is 8.51. The molecule has 0 unspecified atom stereocenters. The monoisotopic (exact) mass is 263 g/mol. The highest BCUT2D eigenvalue weighted by Gasteiger charge is 2.19. The molecule has 0 bridgehead atoms. The normalized spacial score (nSPS) is 12.1. The lowest BCUT2D eigenvalue weighted by atomic mass is 9.90. The number of aliphatic hydroxyl groups excluding tert-OH is 1. The first-order chi connectivity index (χ1) is 8.94. The number of nitrogens with one attached hydrogen (secondary N) is 1. The minimum Gasteiger partial charge on any atom is -0.396 e. The Bertz CT molecular complexity index is 576. The lowest BCUT2D eigenvalue weighted by Gasteiger charge is -2.25. The fourth-order valence-electron chi connectivity index (χ4n) is 1.95. The fraction of sp³-hybridized carbons (Fsp3) is 0.615. The van der Waals surface area contributed by atoms with E-state index in [4.69, 9.17) is 5.11 Å². The second-order valence-corrected chi connectivity index (χ2v) is 5.63. The van der Waals surface area contributed by atoms with E-state index in [1.54, 1.807) is 4.52 Å². The molecule has 0 spiro atoms. The van der Waals surface area contributed by atoms with Gasteiger partial charge >= 0.3 is 0 Å². The summed E-state index contributed by atoms with van der Waals surface area (Å²) < 4.78 is 1.72. The van der Waals surface area contributed by atoms with Gasteiger partial charge in [-0.1, -0.05) is 13.8 Å². The summed E-state index contributed by atoms with van der Waals surface area (Å²) in [6.45, 7) is 9.18. The van der Waals surface area contributed by atoms with Crippen LogP contribution < -0.4 is 5.32 Å². The smallest absolute Gasteiger partial charge is 0.254 e. The van der Waals surface area contributed by atoms with E-state index in [0.717, 1.165) is 30.0 Å². The van der Waals surface area contributed by atoms with Crippen LogP contribution in [-0.2, 0) is 0 Å². The summed E-state index contributed by atoms with van der Waals surface area (Å²) in [6, 6.07) is 0. The number of rotatable bonds is 5. The van der Waals surface area contributed by atoms with Crippen molar-refractivity contribution in [3.63, 3.8) is 0 Å². The van der Waals surface area contributed by atoms with Crippen LogP contribution in [0.1, 0.15) is 31.5 Å². The predicted molar refractivity (Wildman–Crippen MR) is 74.2 cm³/mol. The summed E-state index contributed by atoms with van der Waals surface area (Å²) in [5, 5.41) is 16.7. The number of anilines is 1. The van der Waals surface area contributed by atoms with E-state index in [9.17, 15) is 0 Å². The van der Waals surface area contributed by atoms with Crippen molar-refractivity contribution in [3.05, 3.63) is 17.6 Å². The van der Waals surface area contributed by atoms with Gasteiger partial charge in [0.25, 0.3) is 5.78 Å². The third-order valence-corrected chi connectivity index (χ3v) is 3.43. The molecule has 0 aromatic carbocycles. The minimum atomic E-state index is 0.0191. The van der Waals surface area contributed by atoms with Crippen LogP contribution in [0, 0.1) is 19.3 Å². The van der Waals surface area contributed by atoms with Gasteiger partial charge in [0.05, 0.1) is 0 Å². The van der Waals surface area contributed by atoms with Crippen LogP contribution in [-0.4, -0.2) is 37.8 Å². The summed E-state index contributed by atoms with van der Waals surface area (Å²) in [5.41, 5.74) is 2.03. The van der Waals surface area contributed by atoms with Crippen molar-refractivity contribution < 1.29 is 5.11 Å². The Labute approximate surface area is 112 Å². The van der Waals surface area contributed by atoms with Gasteiger partial charge in [-0.3, -0.25) is 0 Å². The van der Waals surface area contributed by atoms with Gasteiger partial charge in [-0.25, -0.2) is 4.98 Å². The Morgan fingerprint density at radius 3 is 2.79 bits per heavy atom. The quantitative estimate of drug-likeness (QED) is 0.856. The molecular formula is C13H21N5O. The van der Waals surface area contributed by atoms with E-state index in [2.05, 4.69) is 34.2 Å². The first-order valence-electron chi connectivity index (χ1n) is 6.46. The third-order valence-electron chi connectivity index (χ3n) is 3.43. The maximum Gasteiger partial charge on any atom is 0.254 e. The van der Waals surface area contributed by atoms with Crippen LogP contribution >= 0.6 is 0 Å². The van der Waals surface area contributed by atoms with Gasteiger partial charge in [-0.2, -0.15) is 14.6 Å². The summed E-state index contributed by atoms with van der Waals surface area (Å²) >= 11 is 0. The molecule has 0 amide bonds. The highest BCUT2D eigenvalue weighted by Crippen LogP contribution is 2.23. The first-order valence-corrected chi connectivity index (χ1v) is 6.46. The number of hydrogen-bond donors (Lipinski definition) is 2. The van der Waals surface area contributed by atoms with Crippen LogP contribution in [0.3, 0.4) is 0 Å². The Morgan fingerprint density at radius 1 is 1.37 bits per heavy atom. The standard InChI is InChI=1S/C13H21N5O/c1-9-10(2)17-12-15-8-16-18(12)11(9)14-7-13(3,4)5-6-19/h8,14,19H,5-7H2,1-4H3. The molecule has 0 fully saturated rings. The van der Waals surface area contributed by atoms with E-state index in [-0.39, 0.29) is 12.0 Å².